The number of likely N-dealkylation sites (tertiary alicyclic amines) is 1. The molecule has 0 amide bonds. The van der Waals surface area contributed by atoms with Crippen molar-refractivity contribution < 1.29 is 4.39 Å². The van der Waals surface area contributed by atoms with Crippen molar-refractivity contribution in [3.63, 3.8) is 0 Å². The third-order valence-electron chi connectivity index (χ3n) is 5.80. The highest BCUT2D eigenvalue weighted by atomic mass is 19.1. The molecule has 2 heterocycles. The number of benzene rings is 1. The predicted octanol–water partition coefficient (Wildman–Crippen LogP) is 4.09. The highest BCUT2D eigenvalue weighted by Gasteiger charge is 2.41. The minimum absolute atomic E-state index is 0.100. The number of allylic oxidation sites excluding steroid dienone is 1. The quantitative estimate of drug-likeness (QED) is 0.828. The monoisotopic (exact) mass is 300 g/mol. The van der Waals surface area contributed by atoms with Crippen molar-refractivity contribution in [2.75, 3.05) is 31.5 Å². The molecule has 3 heteroatoms. The molecule has 2 aliphatic heterocycles. The molecule has 1 saturated heterocycles. The lowest BCUT2D eigenvalue weighted by Crippen LogP contribution is -2.44. The fourth-order valence-electron chi connectivity index (χ4n) is 4.39. The van der Waals surface area contributed by atoms with Gasteiger partial charge in [-0.3, -0.25) is 4.90 Å². The third-order valence-corrected chi connectivity index (χ3v) is 5.80. The number of fused-ring (bicyclic) bond motifs is 2. The molecule has 0 radical (unpaired) electrons. The summed E-state index contributed by atoms with van der Waals surface area (Å²) in [5.41, 5.74) is 4.15. The zero-order valence-electron chi connectivity index (χ0n) is 13.2. The van der Waals surface area contributed by atoms with E-state index in [2.05, 4.69) is 16.3 Å². The molecule has 0 aromatic heterocycles. The lowest BCUT2D eigenvalue weighted by Gasteiger charge is -2.40. The predicted molar refractivity (Wildman–Crippen MR) is 88.8 cm³/mol. The van der Waals surface area contributed by atoms with E-state index >= 15 is 0 Å². The fraction of sp³-hybridized carbons (Fsp3) is 0.579. The maximum atomic E-state index is 13.6. The van der Waals surface area contributed by atoms with Crippen molar-refractivity contribution in [1.82, 2.24) is 4.90 Å². The van der Waals surface area contributed by atoms with E-state index in [1.54, 1.807) is 17.7 Å². The Labute approximate surface area is 132 Å². The number of nitrogens with one attached hydrogen (secondary N) is 1. The van der Waals surface area contributed by atoms with Crippen LogP contribution in [0.5, 0.6) is 0 Å². The van der Waals surface area contributed by atoms with Crippen molar-refractivity contribution in [1.29, 1.82) is 0 Å². The van der Waals surface area contributed by atoms with Crippen LogP contribution < -0.4 is 5.32 Å². The molecule has 0 atom stereocenters. The molecule has 118 valence electrons. The van der Waals surface area contributed by atoms with E-state index < -0.39 is 0 Å². The van der Waals surface area contributed by atoms with Crippen molar-refractivity contribution in [3.8, 4) is 0 Å². The number of piperidine rings is 1. The molecule has 4 rings (SSSR count). The zero-order chi connectivity index (χ0) is 15.0. The number of halogens is 1. The Hall–Kier alpha value is -1.35. The number of anilines is 1. The van der Waals surface area contributed by atoms with Gasteiger partial charge in [0.15, 0.2) is 0 Å². The Kier molecular flexibility index (Phi) is 3.69. The Morgan fingerprint density at radius 3 is 2.82 bits per heavy atom. The molecule has 1 aromatic rings. The second-order valence-electron chi connectivity index (χ2n) is 7.21. The van der Waals surface area contributed by atoms with E-state index in [1.165, 1.54) is 31.2 Å². The average molecular weight is 300 g/mol. The summed E-state index contributed by atoms with van der Waals surface area (Å²) in [5, 5.41) is 3.49. The van der Waals surface area contributed by atoms with E-state index in [0.717, 1.165) is 44.7 Å². The summed E-state index contributed by atoms with van der Waals surface area (Å²) < 4.78 is 13.6. The summed E-state index contributed by atoms with van der Waals surface area (Å²) in [5.74, 6) is -0.100. The van der Waals surface area contributed by atoms with Gasteiger partial charge in [0.2, 0.25) is 0 Å². The van der Waals surface area contributed by atoms with Crippen molar-refractivity contribution in [2.24, 2.45) is 0 Å². The summed E-state index contributed by atoms with van der Waals surface area (Å²) in [6.45, 7) is 4.39. The van der Waals surface area contributed by atoms with Crippen molar-refractivity contribution >= 4 is 5.69 Å². The summed E-state index contributed by atoms with van der Waals surface area (Å²) in [6.07, 6.45) is 10.0. The molecule has 0 saturated carbocycles. The lowest BCUT2D eigenvalue weighted by molar-refractivity contribution is 0.178. The first-order valence-corrected chi connectivity index (χ1v) is 8.69. The van der Waals surface area contributed by atoms with Gasteiger partial charge in [-0.1, -0.05) is 11.6 Å². The first kappa shape index (κ1) is 14.3. The summed E-state index contributed by atoms with van der Waals surface area (Å²) in [7, 11) is 0. The van der Waals surface area contributed by atoms with Crippen LogP contribution in [0.4, 0.5) is 10.1 Å². The van der Waals surface area contributed by atoms with Crippen LogP contribution in [0.25, 0.3) is 0 Å². The van der Waals surface area contributed by atoms with Crippen LogP contribution in [0.1, 0.15) is 44.1 Å². The van der Waals surface area contributed by atoms with Crippen LogP contribution in [-0.4, -0.2) is 31.1 Å². The molecule has 2 nitrogen and oxygen atoms in total. The maximum absolute atomic E-state index is 13.6. The topological polar surface area (TPSA) is 15.3 Å². The van der Waals surface area contributed by atoms with E-state index in [9.17, 15) is 4.39 Å². The number of rotatable bonds is 2. The lowest BCUT2D eigenvalue weighted by atomic mass is 9.74. The first-order chi connectivity index (χ1) is 10.8. The Bertz CT molecular complexity index is 585. The Morgan fingerprint density at radius 2 is 2.05 bits per heavy atom. The molecule has 1 N–H and O–H groups in total. The number of nitrogens with zero attached hydrogens (tertiary/aromatic N) is 1. The minimum Gasteiger partial charge on any atom is -0.384 e. The van der Waals surface area contributed by atoms with E-state index in [1.807, 2.05) is 6.07 Å². The first-order valence-electron chi connectivity index (χ1n) is 8.69. The van der Waals surface area contributed by atoms with Crippen molar-refractivity contribution in [2.45, 2.75) is 43.9 Å². The van der Waals surface area contributed by atoms with Crippen molar-refractivity contribution in [3.05, 3.63) is 41.2 Å². The van der Waals surface area contributed by atoms with E-state index in [-0.39, 0.29) is 11.2 Å². The fourth-order valence-corrected chi connectivity index (χ4v) is 4.39. The molecular weight excluding hydrogens is 275 g/mol. The SMILES string of the molecule is Fc1ccc2c(c1)C1(CCN(CC3=CCCCC3)CC1)CN2. The van der Waals surface area contributed by atoms with Crippen LogP contribution in [0.2, 0.25) is 0 Å². The van der Waals surface area contributed by atoms with Crippen LogP contribution in [-0.2, 0) is 5.41 Å². The van der Waals surface area contributed by atoms with Gasteiger partial charge >= 0.3 is 0 Å². The summed E-state index contributed by atoms with van der Waals surface area (Å²) >= 11 is 0. The average Bonchev–Trinajstić information content (AvgIpc) is 2.89. The Balaban J connectivity index is 1.44. The van der Waals surface area contributed by atoms with E-state index in [4.69, 9.17) is 0 Å². The van der Waals surface area contributed by atoms with Gasteiger partial charge in [0.25, 0.3) is 0 Å². The number of hydrogen-bond donors (Lipinski definition) is 1. The molecule has 1 fully saturated rings. The van der Waals surface area contributed by atoms with Gasteiger partial charge in [-0.2, -0.15) is 0 Å². The van der Waals surface area contributed by atoms with Gasteiger partial charge in [-0.15, -0.1) is 0 Å². The molecule has 1 aromatic carbocycles. The summed E-state index contributed by atoms with van der Waals surface area (Å²) in [4.78, 5) is 2.60. The highest BCUT2D eigenvalue weighted by Crippen LogP contribution is 2.44. The second kappa shape index (κ2) is 5.69. The van der Waals surface area contributed by atoms with Crippen LogP contribution in [0.3, 0.4) is 0 Å². The summed E-state index contributed by atoms with van der Waals surface area (Å²) in [6, 6.07) is 5.23. The maximum Gasteiger partial charge on any atom is 0.123 e. The standard InChI is InChI=1S/C19H25FN2/c20-16-6-7-18-17(12-16)19(14-21-18)8-10-22(11-9-19)13-15-4-2-1-3-5-15/h4,6-7,12,21H,1-3,5,8-11,13-14H2. The second-order valence-corrected chi connectivity index (χ2v) is 7.21. The van der Waals surface area contributed by atoms with Gasteiger partial charge in [-0.05, 0) is 75.4 Å². The smallest absolute Gasteiger partial charge is 0.123 e. The van der Waals surface area contributed by atoms with Gasteiger partial charge in [0.05, 0.1) is 0 Å². The molecule has 0 bridgehead atoms. The van der Waals surface area contributed by atoms with Gasteiger partial charge < -0.3 is 5.32 Å². The zero-order valence-corrected chi connectivity index (χ0v) is 13.2. The van der Waals surface area contributed by atoms with Gasteiger partial charge in [0.1, 0.15) is 5.82 Å². The highest BCUT2D eigenvalue weighted by molar-refractivity contribution is 5.60. The molecule has 22 heavy (non-hydrogen) atoms. The number of hydrogen-bond acceptors (Lipinski definition) is 2. The minimum atomic E-state index is -0.100. The molecular formula is C19H25FN2. The Morgan fingerprint density at radius 1 is 1.18 bits per heavy atom. The molecule has 1 aliphatic carbocycles. The van der Waals surface area contributed by atoms with Crippen LogP contribution in [0.15, 0.2) is 29.8 Å². The normalized spacial score (nSPS) is 24.0. The van der Waals surface area contributed by atoms with Crippen LogP contribution >= 0.6 is 0 Å². The van der Waals surface area contributed by atoms with Crippen LogP contribution in [0, 0.1) is 5.82 Å². The molecule has 3 aliphatic rings. The third kappa shape index (κ3) is 2.56. The van der Waals surface area contributed by atoms with Gasteiger partial charge in [0, 0.05) is 24.2 Å². The van der Waals surface area contributed by atoms with Gasteiger partial charge in [-0.25, -0.2) is 4.39 Å². The largest absolute Gasteiger partial charge is 0.384 e. The molecule has 0 unspecified atom stereocenters. The van der Waals surface area contributed by atoms with E-state index in [0.29, 0.717) is 0 Å². The molecule has 1 spiro atoms.